The van der Waals surface area contributed by atoms with Crippen molar-refractivity contribution in [2.75, 3.05) is 19.0 Å². The van der Waals surface area contributed by atoms with Gasteiger partial charge in [0.2, 0.25) is 11.8 Å². The highest BCUT2D eigenvalue weighted by atomic mass is 19.1. The lowest BCUT2D eigenvalue weighted by Gasteiger charge is -2.23. The number of benzene rings is 1. The molecule has 1 unspecified atom stereocenters. The molecule has 1 saturated carbocycles. The number of likely N-dealkylation sites (tertiary alicyclic amines) is 1. The minimum absolute atomic E-state index is 0.0152. The standard InChI is InChI=1S/C18H21FN2O4/c1-25-18(24)14-9-12(6-7-15(14)19)20-17(23)11-8-16(22)21(10-11)13-4-2-3-5-13/h6-7,9,11,13H,2-5,8,10H2,1H3,(H,20,23). The summed E-state index contributed by atoms with van der Waals surface area (Å²) in [5.74, 6) is -2.23. The number of hydrogen-bond acceptors (Lipinski definition) is 4. The van der Waals surface area contributed by atoms with Crippen LogP contribution in [0.25, 0.3) is 0 Å². The van der Waals surface area contributed by atoms with Gasteiger partial charge in [-0.1, -0.05) is 12.8 Å². The minimum atomic E-state index is -0.808. The highest BCUT2D eigenvalue weighted by Gasteiger charge is 2.38. The van der Waals surface area contributed by atoms with Crippen LogP contribution in [0, 0.1) is 11.7 Å². The summed E-state index contributed by atoms with van der Waals surface area (Å²) in [5, 5.41) is 2.67. The molecule has 134 valence electrons. The Morgan fingerprint density at radius 1 is 1.28 bits per heavy atom. The van der Waals surface area contributed by atoms with E-state index in [2.05, 4.69) is 10.1 Å². The zero-order chi connectivity index (χ0) is 18.0. The summed E-state index contributed by atoms with van der Waals surface area (Å²) in [6.07, 6.45) is 4.43. The van der Waals surface area contributed by atoms with Crippen LogP contribution in [0.5, 0.6) is 0 Å². The molecule has 1 aliphatic carbocycles. The van der Waals surface area contributed by atoms with Crippen LogP contribution in [0.2, 0.25) is 0 Å². The molecule has 1 saturated heterocycles. The van der Waals surface area contributed by atoms with Crippen molar-refractivity contribution in [1.82, 2.24) is 4.90 Å². The largest absolute Gasteiger partial charge is 0.465 e. The maximum Gasteiger partial charge on any atom is 0.340 e. The molecule has 2 fully saturated rings. The number of nitrogens with zero attached hydrogens (tertiary/aromatic N) is 1. The van der Waals surface area contributed by atoms with E-state index in [0.717, 1.165) is 38.9 Å². The maximum absolute atomic E-state index is 13.7. The first-order valence-corrected chi connectivity index (χ1v) is 8.48. The Hall–Kier alpha value is -2.44. The number of nitrogens with one attached hydrogen (secondary N) is 1. The molecule has 0 spiro atoms. The van der Waals surface area contributed by atoms with E-state index in [-0.39, 0.29) is 29.8 Å². The molecule has 25 heavy (non-hydrogen) atoms. The molecule has 3 rings (SSSR count). The third kappa shape index (κ3) is 3.65. The van der Waals surface area contributed by atoms with Gasteiger partial charge in [0.15, 0.2) is 0 Å². The van der Waals surface area contributed by atoms with E-state index in [9.17, 15) is 18.8 Å². The number of carbonyl (C=O) groups excluding carboxylic acids is 3. The zero-order valence-electron chi connectivity index (χ0n) is 14.1. The molecule has 2 aliphatic rings. The van der Waals surface area contributed by atoms with Gasteiger partial charge in [0.05, 0.1) is 18.6 Å². The molecule has 1 N–H and O–H groups in total. The first-order chi connectivity index (χ1) is 12.0. The van der Waals surface area contributed by atoms with Crippen molar-refractivity contribution < 1.29 is 23.5 Å². The second-order valence-corrected chi connectivity index (χ2v) is 6.56. The van der Waals surface area contributed by atoms with E-state index in [0.29, 0.717) is 12.2 Å². The van der Waals surface area contributed by atoms with Crippen molar-refractivity contribution in [1.29, 1.82) is 0 Å². The average Bonchev–Trinajstić information content (AvgIpc) is 3.25. The predicted octanol–water partition coefficient (Wildman–Crippen LogP) is 2.34. The van der Waals surface area contributed by atoms with Crippen molar-refractivity contribution >= 4 is 23.5 Å². The van der Waals surface area contributed by atoms with Crippen molar-refractivity contribution in [3.63, 3.8) is 0 Å². The summed E-state index contributed by atoms with van der Waals surface area (Å²) in [6.45, 7) is 0.417. The van der Waals surface area contributed by atoms with Crippen LogP contribution in [0.15, 0.2) is 18.2 Å². The highest BCUT2D eigenvalue weighted by Crippen LogP contribution is 2.30. The second kappa shape index (κ2) is 7.21. The average molecular weight is 348 g/mol. The van der Waals surface area contributed by atoms with Crippen LogP contribution in [0.1, 0.15) is 42.5 Å². The Kier molecular flexibility index (Phi) is 5.01. The Morgan fingerprint density at radius 2 is 2.00 bits per heavy atom. The number of rotatable bonds is 4. The Bertz CT molecular complexity index is 700. The normalized spacial score (nSPS) is 20.8. The van der Waals surface area contributed by atoms with E-state index in [4.69, 9.17) is 0 Å². The molecule has 1 atom stereocenters. The van der Waals surface area contributed by atoms with E-state index >= 15 is 0 Å². The SMILES string of the molecule is COC(=O)c1cc(NC(=O)C2CC(=O)N(C3CCCC3)C2)ccc1F. The molecule has 1 heterocycles. The fourth-order valence-corrected chi connectivity index (χ4v) is 3.59. The third-order valence-electron chi connectivity index (χ3n) is 4.93. The highest BCUT2D eigenvalue weighted by molar-refractivity contribution is 5.98. The Labute approximate surface area is 145 Å². The van der Waals surface area contributed by atoms with Gasteiger partial charge in [-0.2, -0.15) is 0 Å². The number of halogens is 1. The van der Waals surface area contributed by atoms with Gasteiger partial charge in [-0.15, -0.1) is 0 Å². The van der Waals surface area contributed by atoms with Crippen molar-refractivity contribution in [2.45, 2.75) is 38.1 Å². The van der Waals surface area contributed by atoms with Gasteiger partial charge in [0.25, 0.3) is 0 Å². The fraction of sp³-hybridized carbons (Fsp3) is 0.500. The molecule has 7 heteroatoms. The number of amides is 2. The molecule has 0 aromatic heterocycles. The first-order valence-electron chi connectivity index (χ1n) is 8.48. The minimum Gasteiger partial charge on any atom is -0.465 e. The number of hydrogen-bond donors (Lipinski definition) is 1. The van der Waals surface area contributed by atoms with Crippen LogP contribution in [-0.4, -0.2) is 42.4 Å². The number of methoxy groups -OCH3 is 1. The lowest BCUT2D eigenvalue weighted by molar-refractivity contribution is -0.129. The maximum atomic E-state index is 13.7. The summed E-state index contributed by atoms with van der Waals surface area (Å²) in [4.78, 5) is 38.0. The summed E-state index contributed by atoms with van der Waals surface area (Å²) >= 11 is 0. The van der Waals surface area contributed by atoms with Gasteiger partial charge >= 0.3 is 5.97 Å². The van der Waals surface area contributed by atoms with Gasteiger partial charge in [-0.3, -0.25) is 9.59 Å². The van der Waals surface area contributed by atoms with Crippen molar-refractivity contribution in [2.24, 2.45) is 5.92 Å². The van der Waals surface area contributed by atoms with Crippen molar-refractivity contribution in [3.8, 4) is 0 Å². The number of ether oxygens (including phenoxy) is 1. The Morgan fingerprint density at radius 3 is 2.68 bits per heavy atom. The van der Waals surface area contributed by atoms with E-state index in [1.165, 1.54) is 12.1 Å². The quantitative estimate of drug-likeness (QED) is 0.848. The monoisotopic (exact) mass is 348 g/mol. The lowest BCUT2D eigenvalue weighted by atomic mass is 10.1. The smallest absolute Gasteiger partial charge is 0.340 e. The molecule has 2 amide bonds. The van der Waals surface area contributed by atoms with Crippen LogP contribution < -0.4 is 5.32 Å². The van der Waals surface area contributed by atoms with Gasteiger partial charge in [0.1, 0.15) is 5.82 Å². The van der Waals surface area contributed by atoms with Gasteiger partial charge in [0, 0.05) is 24.7 Å². The number of esters is 1. The Balaban J connectivity index is 1.66. The molecule has 1 aliphatic heterocycles. The molecule has 1 aromatic carbocycles. The first kappa shape index (κ1) is 17.4. The molecule has 0 bridgehead atoms. The molecular formula is C18H21FN2O4. The topological polar surface area (TPSA) is 75.7 Å². The van der Waals surface area contributed by atoms with Crippen molar-refractivity contribution in [3.05, 3.63) is 29.6 Å². The van der Waals surface area contributed by atoms with E-state index in [1.807, 2.05) is 4.90 Å². The summed E-state index contributed by atoms with van der Waals surface area (Å²) < 4.78 is 18.2. The van der Waals surface area contributed by atoms with Gasteiger partial charge in [-0.25, -0.2) is 9.18 Å². The number of anilines is 1. The third-order valence-corrected chi connectivity index (χ3v) is 4.93. The second-order valence-electron chi connectivity index (χ2n) is 6.56. The van der Waals surface area contributed by atoms with Crippen LogP contribution in [0.3, 0.4) is 0 Å². The predicted molar refractivity (Wildman–Crippen MR) is 88.4 cm³/mol. The molecule has 0 radical (unpaired) electrons. The zero-order valence-corrected chi connectivity index (χ0v) is 14.1. The van der Waals surface area contributed by atoms with Gasteiger partial charge < -0.3 is 15.0 Å². The molecule has 6 nitrogen and oxygen atoms in total. The van der Waals surface area contributed by atoms with Gasteiger partial charge in [-0.05, 0) is 31.0 Å². The van der Waals surface area contributed by atoms with Crippen LogP contribution in [-0.2, 0) is 14.3 Å². The van der Waals surface area contributed by atoms with Crippen LogP contribution in [0.4, 0.5) is 10.1 Å². The van der Waals surface area contributed by atoms with E-state index in [1.54, 1.807) is 0 Å². The number of carbonyl (C=O) groups is 3. The lowest BCUT2D eigenvalue weighted by Crippen LogP contribution is -2.35. The summed E-state index contributed by atoms with van der Waals surface area (Å²) in [6, 6.07) is 3.98. The summed E-state index contributed by atoms with van der Waals surface area (Å²) in [7, 11) is 1.16. The summed E-state index contributed by atoms with van der Waals surface area (Å²) in [5.41, 5.74) is 0.0638. The molecular weight excluding hydrogens is 327 g/mol. The molecule has 1 aromatic rings. The fourth-order valence-electron chi connectivity index (χ4n) is 3.59. The van der Waals surface area contributed by atoms with E-state index < -0.39 is 17.7 Å². The van der Waals surface area contributed by atoms with Crippen LogP contribution >= 0.6 is 0 Å².